The van der Waals surface area contributed by atoms with E-state index in [4.69, 9.17) is 9.98 Å². The van der Waals surface area contributed by atoms with Crippen LogP contribution in [0.2, 0.25) is 0 Å². The summed E-state index contributed by atoms with van der Waals surface area (Å²) in [7, 11) is 1.77. The van der Waals surface area contributed by atoms with Gasteiger partial charge in [0.15, 0.2) is 5.96 Å². The summed E-state index contributed by atoms with van der Waals surface area (Å²) in [6.45, 7) is 13.8. The number of aliphatic imine (C=N–C) groups is 2. The Kier molecular flexibility index (Phi) is 12.2. The third-order valence-electron chi connectivity index (χ3n) is 9.08. The summed E-state index contributed by atoms with van der Waals surface area (Å²) in [5.41, 5.74) is 6.81. The average molecular weight is 647 g/mol. The van der Waals surface area contributed by atoms with Gasteiger partial charge in [-0.15, -0.1) is 0 Å². The highest BCUT2D eigenvalue weighted by molar-refractivity contribution is 6.06. The molecule has 1 aromatic heterocycles. The van der Waals surface area contributed by atoms with Gasteiger partial charge in [0.1, 0.15) is 0 Å². The lowest BCUT2D eigenvalue weighted by molar-refractivity contribution is -0.112. The molecule has 0 saturated carbocycles. The molecule has 252 valence electrons. The van der Waals surface area contributed by atoms with Gasteiger partial charge in [0.25, 0.3) is 5.91 Å². The SMILES string of the molecule is C=C/C(=C(\C)NC(=NCC1CCNCC1)NC(=NC)NCc1ccccc1-c1nccc2cc(NC(=O)C3=CCCC3)ccc12)C(C)C. The van der Waals surface area contributed by atoms with Crippen molar-refractivity contribution in [1.29, 1.82) is 0 Å². The highest BCUT2D eigenvalue weighted by Crippen LogP contribution is 2.31. The van der Waals surface area contributed by atoms with E-state index >= 15 is 0 Å². The predicted molar refractivity (Wildman–Crippen MR) is 200 cm³/mol. The van der Waals surface area contributed by atoms with Gasteiger partial charge in [0.05, 0.1) is 5.69 Å². The normalized spacial score (nSPS) is 16.4. The topological polar surface area (TPSA) is 115 Å². The monoisotopic (exact) mass is 646 g/mol. The lowest BCUT2D eigenvalue weighted by Gasteiger charge is -2.22. The zero-order valence-corrected chi connectivity index (χ0v) is 28.8. The number of piperidine rings is 1. The van der Waals surface area contributed by atoms with Crippen molar-refractivity contribution in [2.75, 3.05) is 32.0 Å². The molecule has 0 atom stereocenters. The molecule has 0 spiro atoms. The maximum absolute atomic E-state index is 12.7. The third kappa shape index (κ3) is 8.98. The summed E-state index contributed by atoms with van der Waals surface area (Å²) >= 11 is 0. The fraction of sp³-hybridized carbons (Fsp3) is 0.385. The van der Waals surface area contributed by atoms with E-state index in [2.05, 4.69) is 71.1 Å². The minimum atomic E-state index is -0.0125. The second-order valence-corrected chi connectivity index (χ2v) is 12.8. The maximum atomic E-state index is 12.7. The Hall–Kier alpha value is -4.76. The van der Waals surface area contributed by atoms with Crippen molar-refractivity contribution >= 4 is 34.3 Å². The molecular formula is C39H50N8O. The van der Waals surface area contributed by atoms with Crippen molar-refractivity contribution in [1.82, 2.24) is 26.3 Å². The van der Waals surface area contributed by atoms with Gasteiger partial charge >= 0.3 is 0 Å². The number of nitrogens with one attached hydrogen (secondary N) is 5. The van der Waals surface area contributed by atoms with Crippen LogP contribution in [0.1, 0.15) is 58.4 Å². The summed E-state index contributed by atoms with van der Waals surface area (Å²) in [4.78, 5) is 27.0. The number of hydrogen-bond donors (Lipinski definition) is 5. The lowest BCUT2D eigenvalue weighted by atomic mass is 9.98. The Bertz CT molecular complexity index is 1730. The number of fused-ring (bicyclic) bond motifs is 1. The molecule has 48 heavy (non-hydrogen) atoms. The molecule has 0 radical (unpaired) electrons. The molecule has 2 aliphatic rings. The quantitative estimate of drug-likeness (QED) is 0.0955. The van der Waals surface area contributed by atoms with E-state index in [0.29, 0.717) is 30.3 Å². The van der Waals surface area contributed by atoms with Crippen molar-refractivity contribution in [2.24, 2.45) is 21.8 Å². The molecular weight excluding hydrogens is 596 g/mol. The third-order valence-corrected chi connectivity index (χ3v) is 9.08. The number of carbonyl (C=O) groups excluding carboxylic acids is 1. The van der Waals surface area contributed by atoms with Crippen molar-refractivity contribution in [3.63, 3.8) is 0 Å². The van der Waals surface area contributed by atoms with Crippen LogP contribution in [-0.4, -0.2) is 49.5 Å². The highest BCUT2D eigenvalue weighted by Gasteiger charge is 2.17. The van der Waals surface area contributed by atoms with Crippen LogP contribution in [0.3, 0.4) is 0 Å². The van der Waals surface area contributed by atoms with Crippen LogP contribution < -0.4 is 26.6 Å². The number of allylic oxidation sites excluding steroid dienone is 4. The number of hydrogen-bond acceptors (Lipinski definition) is 5. The molecule has 9 nitrogen and oxygen atoms in total. The van der Waals surface area contributed by atoms with Crippen molar-refractivity contribution in [3.05, 3.63) is 95.9 Å². The summed E-state index contributed by atoms with van der Waals surface area (Å²) in [5, 5.41) is 19.0. The minimum Gasteiger partial charge on any atom is -0.352 e. The van der Waals surface area contributed by atoms with Crippen LogP contribution in [0.4, 0.5) is 5.69 Å². The van der Waals surface area contributed by atoms with Gasteiger partial charge in [-0.25, -0.2) is 0 Å². The Morgan fingerprint density at radius 1 is 1.10 bits per heavy atom. The second kappa shape index (κ2) is 16.9. The van der Waals surface area contributed by atoms with E-state index in [-0.39, 0.29) is 5.91 Å². The summed E-state index contributed by atoms with van der Waals surface area (Å²) in [5.74, 6) is 2.14. The second-order valence-electron chi connectivity index (χ2n) is 12.8. The van der Waals surface area contributed by atoms with Gasteiger partial charge in [-0.1, -0.05) is 62.9 Å². The fourth-order valence-corrected chi connectivity index (χ4v) is 6.40. The van der Waals surface area contributed by atoms with Crippen molar-refractivity contribution < 1.29 is 4.79 Å². The Morgan fingerprint density at radius 3 is 2.65 bits per heavy atom. The Labute approximate surface area is 285 Å². The van der Waals surface area contributed by atoms with Gasteiger partial charge in [-0.05, 0) is 98.7 Å². The predicted octanol–water partition coefficient (Wildman–Crippen LogP) is 6.68. The molecule has 5 rings (SSSR count). The summed E-state index contributed by atoms with van der Waals surface area (Å²) in [6.07, 6.45) is 10.9. The number of amides is 1. The first-order valence-corrected chi connectivity index (χ1v) is 17.2. The van der Waals surface area contributed by atoms with Gasteiger partial charge in [0, 0.05) is 54.2 Å². The van der Waals surface area contributed by atoms with Crippen LogP contribution in [0.5, 0.6) is 0 Å². The van der Waals surface area contributed by atoms with Crippen molar-refractivity contribution in [2.45, 2.75) is 59.4 Å². The summed E-state index contributed by atoms with van der Waals surface area (Å²) in [6, 6.07) is 16.3. The molecule has 9 heteroatoms. The summed E-state index contributed by atoms with van der Waals surface area (Å²) < 4.78 is 0. The molecule has 3 aromatic rings. The molecule has 1 amide bonds. The van der Waals surface area contributed by atoms with E-state index in [9.17, 15) is 4.79 Å². The first kappa shape index (κ1) is 34.6. The van der Waals surface area contributed by atoms with Crippen LogP contribution in [0.25, 0.3) is 22.0 Å². The molecule has 1 aliphatic carbocycles. The highest BCUT2D eigenvalue weighted by atomic mass is 16.1. The molecule has 2 aromatic carbocycles. The molecule has 0 unspecified atom stereocenters. The molecule has 0 bridgehead atoms. The van der Waals surface area contributed by atoms with E-state index in [1.54, 1.807) is 7.05 Å². The van der Waals surface area contributed by atoms with E-state index in [1.165, 1.54) is 0 Å². The molecule has 2 heterocycles. The van der Waals surface area contributed by atoms with Crippen LogP contribution >= 0.6 is 0 Å². The number of aromatic nitrogens is 1. The Balaban J connectivity index is 1.33. The number of anilines is 1. The number of rotatable bonds is 10. The van der Waals surface area contributed by atoms with Gasteiger partial charge in [-0.2, -0.15) is 0 Å². The van der Waals surface area contributed by atoms with Crippen molar-refractivity contribution in [3.8, 4) is 11.3 Å². The molecule has 5 N–H and O–H groups in total. The van der Waals surface area contributed by atoms with Crippen LogP contribution in [-0.2, 0) is 11.3 Å². The largest absolute Gasteiger partial charge is 0.352 e. The lowest BCUT2D eigenvalue weighted by Crippen LogP contribution is -2.46. The number of carbonyl (C=O) groups is 1. The smallest absolute Gasteiger partial charge is 0.251 e. The van der Waals surface area contributed by atoms with Gasteiger partial charge in [0.2, 0.25) is 5.96 Å². The molecule has 1 saturated heterocycles. The number of benzene rings is 2. The minimum absolute atomic E-state index is 0.0125. The number of pyridine rings is 1. The maximum Gasteiger partial charge on any atom is 0.251 e. The zero-order valence-electron chi connectivity index (χ0n) is 28.8. The van der Waals surface area contributed by atoms with Gasteiger partial charge in [-0.3, -0.25) is 25.1 Å². The Morgan fingerprint density at radius 2 is 1.92 bits per heavy atom. The van der Waals surface area contributed by atoms with Gasteiger partial charge < -0.3 is 21.3 Å². The first-order chi connectivity index (χ1) is 23.4. The fourth-order valence-electron chi connectivity index (χ4n) is 6.40. The van der Waals surface area contributed by atoms with E-state index < -0.39 is 0 Å². The zero-order chi connectivity index (χ0) is 33.9. The number of guanidine groups is 2. The van der Waals surface area contributed by atoms with Crippen LogP contribution in [0, 0.1) is 11.8 Å². The standard InChI is InChI=1S/C39H50N8O/c1-6-33(26(2)3)27(4)45-39(43-24-28-17-20-41-21-18-28)47-38(40-5)44-25-31-13-9-10-14-34(31)36-35-16-15-32(23-30(35)19-22-42-36)46-37(48)29-11-7-8-12-29/h6,9-11,13-16,19,22-23,26,28,41H,1,7-8,12,17-18,20-21,24-25H2,2-5H3,(H,46,48)(H3,40,43,44,45,47)/b33-27-. The molecule has 1 aliphatic heterocycles. The van der Waals surface area contributed by atoms with E-state index in [1.807, 2.05) is 54.7 Å². The first-order valence-electron chi connectivity index (χ1n) is 17.2. The van der Waals surface area contributed by atoms with E-state index in [0.717, 1.165) is 102 Å². The molecule has 1 fully saturated rings. The average Bonchev–Trinajstić information content (AvgIpc) is 3.65. The van der Waals surface area contributed by atoms with Crippen LogP contribution in [0.15, 0.2) is 100 Å². The number of nitrogens with zero attached hydrogens (tertiary/aromatic N) is 3.